The van der Waals surface area contributed by atoms with Gasteiger partial charge in [-0.2, -0.15) is 4.31 Å². The van der Waals surface area contributed by atoms with Crippen molar-refractivity contribution in [2.45, 2.75) is 24.3 Å². The molecule has 0 bridgehead atoms. The van der Waals surface area contributed by atoms with Gasteiger partial charge in [-0.3, -0.25) is 4.79 Å². The van der Waals surface area contributed by atoms with Crippen LogP contribution in [0.5, 0.6) is 0 Å². The molecule has 0 spiro atoms. The predicted molar refractivity (Wildman–Crippen MR) is 102 cm³/mol. The van der Waals surface area contributed by atoms with Crippen molar-refractivity contribution in [1.82, 2.24) is 9.21 Å². The molecule has 0 aromatic heterocycles. The van der Waals surface area contributed by atoms with Crippen LogP contribution in [0.3, 0.4) is 0 Å². The van der Waals surface area contributed by atoms with Gasteiger partial charge in [-0.1, -0.05) is 23.7 Å². The Morgan fingerprint density at radius 1 is 1.12 bits per heavy atom. The van der Waals surface area contributed by atoms with E-state index in [2.05, 4.69) is 0 Å². The molecule has 1 fully saturated rings. The Hall–Kier alpha value is -1.89. The van der Waals surface area contributed by atoms with Crippen molar-refractivity contribution in [3.8, 4) is 0 Å². The molecule has 138 valence electrons. The van der Waals surface area contributed by atoms with Crippen molar-refractivity contribution >= 4 is 27.5 Å². The zero-order valence-electron chi connectivity index (χ0n) is 14.6. The summed E-state index contributed by atoms with van der Waals surface area (Å²) in [5, 5.41) is 0.625. The van der Waals surface area contributed by atoms with E-state index in [9.17, 15) is 13.2 Å². The fourth-order valence-corrected chi connectivity index (χ4v) is 4.78. The third-order valence-electron chi connectivity index (χ3n) is 4.46. The average molecular weight is 393 g/mol. The maximum atomic E-state index is 12.6. The molecule has 0 unspecified atom stereocenters. The lowest BCUT2D eigenvalue weighted by molar-refractivity contribution is 0.0785. The van der Waals surface area contributed by atoms with Gasteiger partial charge >= 0.3 is 0 Å². The van der Waals surface area contributed by atoms with E-state index in [1.165, 1.54) is 16.4 Å². The van der Waals surface area contributed by atoms with Gasteiger partial charge in [0.1, 0.15) is 0 Å². The van der Waals surface area contributed by atoms with Crippen LogP contribution < -0.4 is 0 Å². The minimum absolute atomic E-state index is 0.171. The second kappa shape index (κ2) is 7.78. The van der Waals surface area contributed by atoms with Crippen molar-refractivity contribution in [2.24, 2.45) is 0 Å². The first-order valence-electron chi connectivity index (χ1n) is 8.48. The van der Waals surface area contributed by atoms with Gasteiger partial charge in [-0.15, -0.1) is 0 Å². The number of rotatable bonds is 5. The molecule has 7 heteroatoms. The lowest BCUT2D eigenvalue weighted by Gasteiger charge is -2.18. The third kappa shape index (κ3) is 4.09. The highest BCUT2D eigenvalue weighted by Gasteiger charge is 2.27. The second-order valence-electron chi connectivity index (χ2n) is 6.43. The van der Waals surface area contributed by atoms with Crippen LogP contribution >= 0.6 is 11.6 Å². The molecule has 5 nitrogen and oxygen atoms in total. The molecule has 0 saturated carbocycles. The quantitative estimate of drug-likeness (QED) is 0.783. The highest BCUT2D eigenvalue weighted by atomic mass is 35.5. The van der Waals surface area contributed by atoms with Crippen molar-refractivity contribution in [2.75, 3.05) is 20.1 Å². The molecule has 0 atom stereocenters. The van der Waals surface area contributed by atoms with Gasteiger partial charge < -0.3 is 4.90 Å². The molecular weight excluding hydrogens is 372 g/mol. The van der Waals surface area contributed by atoms with E-state index in [1.54, 1.807) is 30.1 Å². The van der Waals surface area contributed by atoms with Gasteiger partial charge in [0.15, 0.2) is 0 Å². The zero-order valence-corrected chi connectivity index (χ0v) is 16.1. The molecule has 0 radical (unpaired) electrons. The lowest BCUT2D eigenvalue weighted by Crippen LogP contribution is -2.28. The molecule has 1 heterocycles. The number of halogens is 1. The predicted octanol–water partition coefficient (Wildman–Crippen LogP) is 3.40. The van der Waals surface area contributed by atoms with Crippen molar-refractivity contribution in [1.29, 1.82) is 0 Å². The Bertz CT molecular complexity index is 891. The number of carbonyl (C=O) groups is 1. The maximum Gasteiger partial charge on any atom is 0.253 e. The fraction of sp³-hybridized carbons (Fsp3) is 0.316. The molecule has 0 aliphatic carbocycles. The number of nitrogens with zero attached hydrogens (tertiary/aromatic N) is 2. The summed E-state index contributed by atoms with van der Waals surface area (Å²) in [5.41, 5.74) is 1.39. The summed E-state index contributed by atoms with van der Waals surface area (Å²) in [5.74, 6) is -0.171. The van der Waals surface area contributed by atoms with Gasteiger partial charge in [0.05, 0.1) is 4.90 Å². The maximum absolute atomic E-state index is 12.6. The highest BCUT2D eigenvalue weighted by Crippen LogP contribution is 2.21. The summed E-state index contributed by atoms with van der Waals surface area (Å²) in [6.07, 6.45) is 1.79. The van der Waals surface area contributed by atoms with Gasteiger partial charge in [-0.25, -0.2) is 8.42 Å². The van der Waals surface area contributed by atoms with Gasteiger partial charge in [-0.05, 0) is 54.8 Å². The molecule has 2 aromatic rings. The summed E-state index contributed by atoms with van der Waals surface area (Å²) in [6.45, 7) is 1.55. The lowest BCUT2D eigenvalue weighted by atomic mass is 10.1. The smallest absolute Gasteiger partial charge is 0.253 e. The standard InChI is InChI=1S/C19H21ClN2O3S/c1-21(14-15-5-4-6-17(20)13-15)19(23)16-7-9-18(10-8-16)26(24,25)22-11-2-3-12-22/h4-10,13H,2-3,11-12,14H2,1H3. The number of carbonyl (C=O) groups excluding carboxylic acids is 1. The summed E-state index contributed by atoms with van der Waals surface area (Å²) in [6, 6.07) is 13.5. The second-order valence-corrected chi connectivity index (χ2v) is 8.80. The van der Waals surface area contributed by atoms with Crippen LogP contribution in [0.2, 0.25) is 5.02 Å². The number of sulfonamides is 1. The highest BCUT2D eigenvalue weighted by molar-refractivity contribution is 7.89. The molecule has 2 aromatic carbocycles. The van der Waals surface area contributed by atoms with Gasteiger partial charge in [0.2, 0.25) is 10.0 Å². The minimum atomic E-state index is -3.46. The van der Waals surface area contributed by atoms with Crippen molar-refractivity contribution in [3.05, 3.63) is 64.7 Å². The van der Waals surface area contributed by atoms with E-state index in [0.717, 1.165) is 18.4 Å². The minimum Gasteiger partial charge on any atom is -0.337 e. The SMILES string of the molecule is CN(Cc1cccc(Cl)c1)C(=O)c1ccc(S(=O)(=O)N2CCCC2)cc1. The van der Waals surface area contributed by atoms with Crippen LogP contribution in [0.25, 0.3) is 0 Å². The number of hydrogen-bond donors (Lipinski definition) is 0. The summed E-state index contributed by atoms with van der Waals surface area (Å²) in [4.78, 5) is 14.4. The van der Waals surface area contributed by atoms with Crippen LogP contribution in [0.15, 0.2) is 53.4 Å². The Morgan fingerprint density at radius 2 is 1.77 bits per heavy atom. The molecule has 1 saturated heterocycles. The normalized spacial score (nSPS) is 15.2. The summed E-state index contributed by atoms with van der Waals surface area (Å²) in [7, 11) is -1.75. The van der Waals surface area contributed by atoms with E-state index in [1.807, 2.05) is 18.2 Å². The Morgan fingerprint density at radius 3 is 2.38 bits per heavy atom. The van der Waals surface area contributed by atoms with E-state index >= 15 is 0 Å². The topological polar surface area (TPSA) is 57.7 Å². The first kappa shape index (κ1) is 18.9. The van der Waals surface area contributed by atoms with Gasteiger partial charge in [0, 0.05) is 37.3 Å². The van der Waals surface area contributed by atoms with Crippen LogP contribution in [-0.2, 0) is 16.6 Å². The fourth-order valence-electron chi connectivity index (χ4n) is 3.05. The molecule has 1 aliphatic heterocycles. The van der Waals surface area contributed by atoms with E-state index in [-0.39, 0.29) is 10.8 Å². The monoisotopic (exact) mass is 392 g/mol. The summed E-state index contributed by atoms with van der Waals surface area (Å²) < 4.78 is 26.6. The van der Waals surface area contributed by atoms with Crippen LogP contribution in [-0.4, -0.2) is 43.7 Å². The molecular formula is C19H21ClN2O3S. The Labute approximate surface area is 159 Å². The van der Waals surface area contributed by atoms with E-state index in [4.69, 9.17) is 11.6 Å². The van der Waals surface area contributed by atoms with Crippen LogP contribution in [0.4, 0.5) is 0 Å². The van der Waals surface area contributed by atoms with Gasteiger partial charge in [0.25, 0.3) is 5.91 Å². The molecule has 0 N–H and O–H groups in total. The van der Waals surface area contributed by atoms with Crippen LogP contribution in [0.1, 0.15) is 28.8 Å². The van der Waals surface area contributed by atoms with Crippen LogP contribution in [0, 0.1) is 0 Å². The van der Waals surface area contributed by atoms with Crippen molar-refractivity contribution in [3.63, 3.8) is 0 Å². The van der Waals surface area contributed by atoms with E-state index in [0.29, 0.717) is 30.2 Å². The third-order valence-corrected chi connectivity index (χ3v) is 6.61. The Balaban J connectivity index is 1.72. The number of hydrogen-bond acceptors (Lipinski definition) is 3. The molecule has 3 rings (SSSR count). The number of benzene rings is 2. The first-order valence-corrected chi connectivity index (χ1v) is 10.3. The molecule has 1 aliphatic rings. The number of amides is 1. The van der Waals surface area contributed by atoms with E-state index < -0.39 is 10.0 Å². The largest absolute Gasteiger partial charge is 0.337 e. The molecule has 1 amide bonds. The van der Waals surface area contributed by atoms with Crippen molar-refractivity contribution < 1.29 is 13.2 Å². The Kier molecular flexibility index (Phi) is 5.65. The zero-order chi connectivity index (χ0) is 18.7. The molecule has 26 heavy (non-hydrogen) atoms. The first-order chi connectivity index (χ1) is 12.4. The summed E-state index contributed by atoms with van der Waals surface area (Å²) >= 11 is 5.97. The average Bonchev–Trinajstić information content (AvgIpc) is 3.17.